The lowest BCUT2D eigenvalue weighted by molar-refractivity contribution is -0.188. The maximum absolute atomic E-state index is 15.5. The van der Waals surface area contributed by atoms with Gasteiger partial charge in [-0.15, -0.1) is 0 Å². The fourth-order valence-corrected chi connectivity index (χ4v) is 8.20. The van der Waals surface area contributed by atoms with E-state index >= 15 is 4.79 Å². The molecule has 54 heavy (non-hydrogen) atoms. The molecule has 290 valence electrons. The van der Waals surface area contributed by atoms with E-state index in [9.17, 15) is 0 Å². The molecular weight excluding hydrogens is 709 g/mol. The van der Waals surface area contributed by atoms with Crippen LogP contribution in [-0.4, -0.2) is 93.0 Å². The first kappa shape index (κ1) is 41.4. The molecule has 1 aliphatic heterocycles. The third kappa shape index (κ3) is 13.2. The second kappa shape index (κ2) is 20.3. The van der Waals surface area contributed by atoms with Gasteiger partial charge < -0.3 is 28.7 Å². The van der Waals surface area contributed by atoms with Crippen molar-refractivity contribution in [1.82, 2.24) is 19.8 Å². The van der Waals surface area contributed by atoms with E-state index in [-0.39, 0.29) is 19.6 Å². The highest BCUT2D eigenvalue weighted by atomic mass is 28.3. The molecule has 0 saturated carbocycles. The van der Waals surface area contributed by atoms with E-state index in [1.165, 1.54) is 0 Å². The molecule has 0 radical (unpaired) electrons. The average molecular weight is 769 g/mol. The number of urea groups is 1. The monoisotopic (exact) mass is 768 g/mol. The number of hydrogen-bond donors (Lipinski definition) is 0. The highest BCUT2D eigenvalue weighted by Crippen LogP contribution is 2.33. The molecule has 2 aromatic heterocycles. The van der Waals surface area contributed by atoms with Gasteiger partial charge in [-0.05, 0) is 59.3 Å². The number of nitrogens with zero attached hydrogens (tertiary/aromatic N) is 4. The Hall–Kier alpha value is -3.72. The number of aromatic nitrogens is 2. The average Bonchev–Trinajstić information content (AvgIpc) is 3.22. The molecule has 1 saturated heterocycles. The van der Waals surface area contributed by atoms with Crippen molar-refractivity contribution in [2.75, 3.05) is 26.8 Å². The number of pyridine rings is 2. The fourth-order valence-electron chi connectivity index (χ4n) is 6.69. The van der Waals surface area contributed by atoms with Crippen LogP contribution in [0.25, 0.3) is 0 Å². The molecule has 1 fully saturated rings. The predicted molar refractivity (Wildman–Crippen MR) is 221 cm³/mol. The van der Waals surface area contributed by atoms with Crippen molar-refractivity contribution in [3.63, 3.8) is 0 Å². The van der Waals surface area contributed by atoms with Crippen LogP contribution in [0, 0.1) is 0 Å². The SMILES string of the molecule is C[Si](C)(C)CCOCO[C@@H]1[C@@H](OCOCC[Si](C)(C)C)[C@@H](Cc2ccccc2)N(Cc2cccnc2)C(=O)N(Cc2cccnc2)[C@@H]1Cc1ccccc1. The zero-order valence-corrected chi connectivity index (χ0v) is 35.1. The van der Waals surface area contributed by atoms with Crippen molar-refractivity contribution < 1.29 is 23.7 Å². The smallest absolute Gasteiger partial charge is 0.321 e. The van der Waals surface area contributed by atoms with Crippen LogP contribution < -0.4 is 0 Å². The van der Waals surface area contributed by atoms with Crippen molar-refractivity contribution in [3.8, 4) is 0 Å². The Bertz CT molecular complexity index is 1540. The van der Waals surface area contributed by atoms with Crippen LogP contribution in [-0.2, 0) is 44.9 Å². The number of ether oxygens (including phenoxy) is 4. The Labute approximate surface area is 325 Å². The molecule has 3 heterocycles. The largest absolute Gasteiger partial charge is 0.356 e. The second-order valence-electron chi connectivity index (χ2n) is 16.7. The van der Waals surface area contributed by atoms with Crippen LogP contribution in [0.1, 0.15) is 22.3 Å². The zero-order valence-electron chi connectivity index (χ0n) is 33.1. The van der Waals surface area contributed by atoms with Gasteiger partial charge in [0.2, 0.25) is 0 Å². The van der Waals surface area contributed by atoms with Crippen LogP contribution in [0.3, 0.4) is 0 Å². The number of rotatable bonds is 20. The highest BCUT2D eigenvalue weighted by Gasteiger charge is 2.49. The Balaban J connectivity index is 1.62. The van der Waals surface area contributed by atoms with Gasteiger partial charge in [0, 0.05) is 67.2 Å². The van der Waals surface area contributed by atoms with E-state index in [2.05, 4.69) is 73.5 Å². The predicted octanol–water partition coefficient (Wildman–Crippen LogP) is 8.53. The van der Waals surface area contributed by atoms with Gasteiger partial charge in [0.25, 0.3) is 0 Å². The summed E-state index contributed by atoms with van der Waals surface area (Å²) >= 11 is 0. The summed E-state index contributed by atoms with van der Waals surface area (Å²) in [7, 11) is -2.65. The minimum atomic E-state index is -1.33. The first-order chi connectivity index (χ1) is 26.0. The molecule has 0 unspecified atom stereocenters. The highest BCUT2D eigenvalue weighted by molar-refractivity contribution is 6.76. The first-order valence-corrected chi connectivity index (χ1v) is 26.7. The maximum Gasteiger partial charge on any atom is 0.321 e. The van der Waals surface area contributed by atoms with E-state index in [4.69, 9.17) is 18.9 Å². The lowest BCUT2D eigenvalue weighted by Crippen LogP contribution is -2.53. The van der Waals surface area contributed by atoms with Gasteiger partial charge in [0.15, 0.2) is 0 Å². The summed E-state index contributed by atoms with van der Waals surface area (Å²) in [5.41, 5.74) is 4.07. The molecule has 0 bridgehead atoms. The van der Waals surface area contributed by atoms with Gasteiger partial charge >= 0.3 is 6.03 Å². The van der Waals surface area contributed by atoms with E-state index < -0.39 is 40.4 Å². The number of carbonyl (C=O) groups excluding carboxylic acids is 1. The molecule has 9 nitrogen and oxygen atoms in total. The quantitative estimate of drug-likeness (QED) is 0.0506. The van der Waals surface area contributed by atoms with Gasteiger partial charge in [-0.1, -0.05) is 112 Å². The van der Waals surface area contributed by atoms with Gasteiger partial charge in [0.05, 0.1) is 12.1 Å². The Morgan fingerprint density at radius 2 is 0.944 bits per heavy atom. The molecule has 11 heteroatoms. The van der Waals surface area contributed by atoms with Crippen LogP contribution in [0.2, 0.25) is 51.4 Å². The lowest BCUT2D eigenvalue weighted by atomic mass is 9.90. The topological polar surface area (TPSA) is 86.2 Å². The first-order valence-electron chi connectivity index (χ1n) is 19.3. The molecule has 5 rings (SSSR count). The molecule has 4 aromatic rings. The van der Waals surface area contributed by atoms with Crippen LogP contribution in [0.15, 0.2) is 110 Å². The standard InChI is InChI=1S/C43H60N4O5Si2/c1-53(2,3)25-23-49-33-51-41-39(27-35-15-9-7-10-16-35)46(31-37-19-13-21-44-29-37)43(48)47(32-38-20-14-22-45-30-38)40(28-36-17-11-8-12-18-36)42(41)52-34-50-24-26-54(4,5)6/h7-22,29-30,39-42H,23-28,31-34H2,1-6H3/t39-,40-,41+,42+/m1/s1. The molecule has 1 aliphatic rings. The molecule has 0 N–H and O–H groups in total. The minimum Gasteiger partial charge on any atom is -0.356 e. The Morgan fingerprint density at radius 1 is 0.556 bits per heavy atom. The van der Waals surface area contributed by atoms with Crippen LogP contribution >= 0.6 is 0 Å². The minimum absolute atomic E-state index is 0.0896. The molecule has 4 atom stereocenters. The second-order valence-corrected chi connectivity index (χ2v) is 28.0. The van der Waals surface area contributed by atoms with E-state index in [0.717, 1.165) is 34.3 Å². The lowest BCUT2D eigenvalue weighted by Gasteiger charge is -2.38. The van der Waals surface area contributed by atoms with E-state index in [1.54, 1.807) is 12.4 Å². The summed E-state index contributed by atoms with van der Waals surface area (Å²) in [5.74, 6) is 0. The van der Waals surface area contributed by atoms with Gasteiger partial charge in [-0.3, -0.25) is 9.97 Å². The Kier molecular flexibility index (Phi) is 15.6. The normalized spacial score (nSPS) is 19.6. The number of benzene rings is 2. The summed E-state index contributed by atoms with van der Waals surface area (Å²) in [6.07, 6.45) is 7.17. The summed E-state index contributed by atoms with van der Waals surface area (Å²) in [5, 5.41) is 0. The maximum atomic E-state index is 15.5. The number of hydrogen-bond acceptors (Lipinski definition) is 7. The third-order valence-electron chi connectivity index (χ3n) is 9.78. The molecule has 0 aliphatic carbocycles. The van der Waals surface area contributed by atoms with Gasteiger partial charge in [-0.25, -0.2) is 4.79 Å². The Morgan fingerprint density at radius 3 is 1.30 bits per heavy atom. The van der Waals surface area contributed by atoms with Crippen LogP contribution in [0.5, 0.6) is 0 Å². The summed E-state index contributed by atoms with van der Waals surface area (Å²) in [4.78, 5) is 28.2. The summed E-state index contributed by atoms with van der Waals surface area (Å²) < 4.78 is 26.3. The van der Waals surface area contributed by atoms with Crippen molar-refractivity contribution in [3.05, 3.63) is 132 Å². The molecule has 2 amide bonds. The summed E-state index contributed by atoms with van der Waals surface area (Å²) in [6.45, 7) is 16.2. The molecular formula is C43H60N4O5Si2. The van der Waals surface area contributed by atoms with Crippen molar-refractivity contribution >= 4 is 22.2 Å². The zero-order chi connectivity index (χ0) is 38.4. The molecule has 2 aromatic carbocycles. The fraction of sp³-hybridized carbons (Fsp3) is 0.465. The summed E-state index contributed by atoms with van der Waals surface area (Å²) in [6, 6.07) is 29.7. The van der Waals surface area contributed by atoms with Crippen molar-refractivity contribution in [2.45, 2.75) is 102 Å². The molecule has 0 spiro atoms. The number of amides is 2. The van der Waals surface area contributed by atoms with Crippen LogP contribution in [0.4, 0.5) is 4.79 Å². The number of carbonyl (C=O) groups is 1. The van der Waals surface area contributed by atoms with Crippen molar-refractivity contribution in [2.24, 2.45) is 0 Å². The van der Waals surface area contributed by atoms with Gasteiger partial charge in [0.1, 0.15) is 25.8 Å². The third-order valence-corrected chi connectivity index (χ3v) is 13.2. The van der Waals surface area contributed by atoms with Gasteiger partial charge in [-0.2, -0.15) is 0 Å². The van der Waals surface area contributed by atoms with Crippen molar-refractivity contribution in [1.29, 1.82) is 0 Å². The van der Waals surface area contributed by atoms with E-state index in [0.29, 0.717) is 39.1 Å². The van der Waals surface area contributed by atoms with E-state index in [1.807, 2.05) is 82.9 Å².